The lowest BCUT2D eigenvalue weighted by Gasteiger charge is -2.28. The smallest absolute Gasteiger partial charge is 0.411 e. The van der Waals surface area contributed by atoms with E-state index in [2.05, 4.69) is 20.4 Å². The molecule has 1 atom stereocenters. The molecule has 0 fully saturated rings. The van der Waals surface area contributed by atoms with Gasteiger partial charge in [-0.3, -0.25) is 4.99 Å². The van der Waals surface area contributed by atoms with E-state index < -0.39 is 24.5 Å². The van der Waals surface area contributed by atoms with Crippen molar-refractivity contribution < 1.29 is 27.4 Å². The largest absolute Gasteiger partial charge is 0.444 e. The monoisotopic (exact) mass is 426 g/mol. The van der Waals surface area contributed by atoms with Gasteiger partial charge in [-0.25, -0.2) is 4.79 Å². The molecule has 2 N–H and O–H groups in total. The molecule has 29 heavy (non-hydrogen) atoms. The minimum absolute atomic E-state index is 0.0163. The van der Waals surface area contributed by atoms with E-state index in [4.69, 9.17) is 4.74 Å². The van der Waals surface area contributed by atoms with Crippen molar-refractivity contribution in [3.05, 3.63) is 0 Å². The molecule has 0 saturated heterocycles. The number of carbonyl (C=O) groups excluding carboxylic acids is 1. The Hall–Kier alpha value is -1.71. The molecule has 0 radical (unpaired) electrons. The third kappa shape index (κ3) is 14.9. The van der Waals surface area contributed by atoms with Crippen molar-refractivity contribution in [3.63, 3.8) is 0 Å². The van der Waals surface area contributed by atoms with Gasteiger partial charge in [-0.1, -0.05) is 13.8 Å². The van der Waals surface area contributed by atoms with Gasteiger partial charge in [0.2, 0.25) is 0 Å². The summed E-state index contributed by atoms with van der Waals surface area (Å²) >= 11 is 0. The molecule has 0 heterocycles. The van der Waals surface area contributed by atoms with Gasteiger partial charge in [0.1, 0.15) is 12.2 Å². The normalized spacial score (nSPS) is 14.0. The number of hydrogen-bond donors (Lipinski definition) is 2. The van der Waals surface area contributed by atoms with Gasteiger partial charge in [-0.15, -0.1) is 0 Å². The minimum atomic E-state index is -4.30. The molecule has 0 aromatic heterocycles. The summed E-state index contributed by atoms with van der Waals surface area (Å²) in [5.74, 6) is 0.845. The summed E-state index contributed by atoms with van der Waals surface area (Å²) in [6.45, 7) is 9.34. The van der Waals surface area contributed by atoms with Crippen molar-refractivity contribution in [2.24, 2.45) is 10.9 Å². The Balaban J connectivity index is 4.36. The maximum Gasteiger partial charge on any atom is 0.411 e. The van der Waals surface area contributed by atoms with E-state index in [1.54, 1.807) is 7.05 Å². The van der Waals surface area contributed by atoms with Gasteiger partial charge in [-0.2, -0.15) is 13.2 Å². The topological polar surface area (TPSA) is 75.2 Å². The first-order valence-corrected chi connectivity index (χ1v) is 9.81. The predicted molar refractivity (Wildman–Crippen MR) is 108 cm³/mol. The number of carbonyl (C=O) groups is 1. The van der Waals surface area contributed by atoms with Crippen LogP contribution in [0.1, 0.15) is 47.5 Å². The van der Waals surface area contributed by atoms with Gasteiger partial charge < -0.3 is 25.0 Å². The van der Waals surface area contributed by atoms with Crippen molar-refractivity contribution in [2.75, 3.05) is 40.4 Å². The average molecular weight is 427 g/mol. The molecular formula is C19H37F3N4O3. The second kappa shape index (κ2) is 12.8. The second-order valence-electron chi connectivity index (χ2n) is 8.20. The number of nitrogens with zero attached hydrogens (tertiary/aromatic N) is 2. The quantitative estimate of drug-likeness (QED) is 0.318. The molecule has 172 valence electrons. The van der Waals surface area contributed by atoms with Crippen molar-refractivity contribution in [2.45, 2.75) is 65.3 Å². The highest BCUT2D eigenvalue weighted by Gasteiger charge is 2.27. The van der Waals surface area contributed by atoms with E-state index in [0.29, 0.717) is 31.9 Å². The lowest BCUT2D eigenvalue weighted by Crippen LogP contribution is -2.45. The number of nitrogens with one attached hydrogen (secondary N) is 2. The van der Waals surface area contributed by atoms with Crippen LogP contribution < -0.4 is 10.6 Å². The van der Waals surface area contributed by atoms with Crippen LogP contribution in [0.15, 0.2) is 4.99 Å². The van der Waals surface area contributed by atoms with E-state index in [1.807, 2.05) is 46.6 Å². The Bertz CT molecular complexity index is 506. The molecule has 0 spiro atoms. The number of alkyl carbamates (subject to hydrolysis) is 1. The highest BCUT2D eigenvalue weighted by molar-refractivity contribution is 5.79. The van der Waals surface area contributed by atoms with Crippen LogP contribution in [0, 0.1) is 5.92 Å². The van der Waals surface area contributed by atoms with Gasteiger partial charge in [-0.05, 0) is 39.5 Å². The molecule has 0 aromatic carbocycles. The van der Waals surface area contributed by atoms with Crippen LogP contribution in [0.4, 0.5) is 18.0 Å². The Morgan fingerprint density at radius 1 is 1.21 bits per heavy atom. The van der Waals surface area contributed by atoms with E-state index in [-0.39, 0.29) is 18.6 Å². The molecule has 7 nitrogen and oxygen atoms in total. The average Bonchev–Trinajstić information content (AvgIpc) is 2.54. The van der Waals surface area contributed by atoms with Gasteiger partial charge in [0, 0.05) is 39.8 Å². The summed E-state index contributed by atoms with van der Waals surface area (Å²) in [5.41, 5.74) is -0.557. The highest BCUT2D eigenvalue weighted by atomic mass is 19.4. The molecular weight excluding hydrogens is 389 g/mol. The fourth-order valence-electron chi connectivity index (χ4n) is 2.42. The second-order valence-corrected chi connectivity index (χ2v) is 8.20. The summed E-state index contributed by atoms with van der Waals surface area (Å²) in [6, 6.07) is -0.0684. The molecule has 1 amide bonds. The number of aliphatic imine (C=N–C) groups is 1. The Kier molecular flexibility index (Phi) is 12.0. The summed E-state index contributed by atoms with van der Waals surface area (Å²) in [5, 5.41) is 6.00. The first-order valence-electron chi connectivity index (χ1n) is 9.81. The molecule has 0 rings (SSSR count). The van der Waals surface area contributed by atoms with Gasteiger partial charge >= 0.3 is 12.3 Å². The first kappa shape index (κ1) is 27.3. The Morgan fingerprint density at radius 2 is 1.83 bits per heavy atom. The van der Waals surface area contributed by atoms with Crippen molar-refractivity contribution in [1.82, 2.24) is 15.5 Å². The summed E-state index contributed by atoms with van der Waals surface area (Å²) in [4.78, 5) is 18.1. The van der Waals surface area contributed by atoms with Crippen molar-refractivity contribution in [1.29, 1.82) is 0 Å². The van der Waals surface area contributed by atoms with Gasteiger partial charge in [0.15, 0.2) is 5.96 Å². The fourth-order valence-corrected chi connectivity index (χ4v) is 2.42. The fraction of sp³-hybridized carbons (Fsp3) is 0.895. The van der Waals surface area contributed by atoms with Gasteiger partial charge in [0.25, 0.3) is 0 Å². The molecule has 0 aliphatic carbocycles. The van der Waals surface area contributed by atoms with E-state index >= 15 is 0 Å². The summed E-state index contributed by atoms with van der Waals surface area (Å²) < 4.78 is 46.0. The van der Waals surface area contributed by atoms with Crippen molar-refractivity contribution >= 4 is 12.1 Å². The molecule has 10 heteroatoms. The zero-order chi connectivity index (χ0) is 22.7. The molecule has 0 aliphatic heterocycles. The number of hydrogen-bond acceptors (Lipinski definition) is 4. The lowest BCUT2D eigenvalue weighted by atomic mass is 10.0. The number of rotatable bonds is 10. The van der Waals surface area contributed by atoms with Crippen LogP contribution in [0.5, 0.6) is 0 Å². The van der Waals surface area contributed by atoms with Crippen LogP contribution in [0.25, 0.3) is 0 Å². The van der Waals surface area contributed by atoms with Crippen LogP contribution in [-0.4, -0.2) is 75.2 Å². The third-order valence-corrected chi connectivity index (χ3v) is 3.87. The standard InChI is InChI=1S/C19H37F3N4O3/c1-14(2)15(25-17(27)29-18(3,4)5)9-11-26(7)16(23-6)24-10-8-12-28-13-19(20,21)22/h14-15H,8-13H2,1-7H3,(H,23,24)(H,25,27). The number of guanidine groups is 1. The SMILES string of the molecule is CN=C(NCCCOCC(F)(F)F)N(C)CCC(NC(=O)OC(C)(C)C)C(C)C. The van der Waals surface area contributed by atoms with E-state index in [0.717, 1.165) is 0 Å². The van der Waals surface area contributed by atoms with Gasteiger partial charge in [0.05, 0.1) is 0 Å². The molecule has 0 saturated carbocycles. The lowest BCUT2D eigenvalue weighted by molar-refractivity contribution is -0.173. The number of amides is 1. The first-order chi connectivity index (χ1) is 13.2. The maximum atomic E-state index is 12.0. The van der Waals surface area contributed by atoms with Crippen LogP contribution >= 0.6 is 0 Å². The molecule has 0 aliphatic rings. The molecule has 1 unspecified atom stereocenters. The van der Waals surface area contributed by atoms with Crippen molar-refractivity contribution in [3.8, 4) is 0 Å². The number of alkyl halides is 3. The summed E-state index contributed by atoms with van der Waals surface area (Å²) in [7, 11) is 3.50. The zero-order valence-corrected chi connectivity index (χ0v) is 18.7. The van der Waals surface area contributed by atoms with E-state index in [9.17, 15) is 18.0 Å². The maximum absolute atomic E-state index is 12.0. The molecule has 0 aromatic rings. The Morgan fingerprint density at radius 3 is 2.31 bits per heavy atom. The number of halogens is 3. The van der Waals surface area contributed by atoms with Crippen LogP contribution in [-0.2, 0) is 9.47 Å². The Labute approximate surface area is 172 Å². The molecule has 0 bridgehead atoms. The van der Waals surface area contributed by atoms with Crippen LogP contribution in [0.3, 0.4) is 0 Å². The minimum Gasteiger partial charge on any atom is -0.444 e. The number of ether oxygens (including phenoxy) is 2. The zero-order valence-electron chi connectivity index (χ0n) is 18.7. The summed E-state index contributed by atoms with van der Waals surface area (Å²) in [6.07, 6.45) is -3.63. The third-order valence-electron chi connectivity index (χ3n) is 3.87. The van der Waals surface area contributed by atoms with E-state index in [1.165, 1.54) is 0 Å². The highest BCUT2D eigenvalue weighted by Crippen LogP contribution is 2.14. The van der Waals surface area contributed by atoms with Crippen LogP contribution in [0.2, 0.25) is 0 Å². The predicted octanol–water partition coefficient (Wildman–Crippen LogP) is 3.40.